The number of esters is 1. The van der Waals surface area contributed by atoms with Crippen LogP contribution in [0.4, 0.5) is 5.69 Å². The molecule has 8 nitrogen and oxygen atoms in total. The number of sulfonamides is 1. The lowest BCUT2D eigenvalue weighted by atomic mass is 10.1. The number of nitrogens with zero attached hydrogens (tertiary/aromatic N) is 2. The number of anilines is 1. The maximum absolute atomic E-state index is 13.2. The van der Waals surface area contributed by atoms with Gasteiger partial charge >= 0.3 is 5.97 Å². The Hall–Kier alpha value is -2.62. The smallest absolute Gasteiger partial charge is 0.340 e. The number of carbonyl (C=O) groups is 1. The van der Waals surface area contributed by atoms with E-state index in [2.05, 4.69) is 0 Å². The van der Waals surface area contributed by atoms with Gasteiger partial charge in [-0.05, 0) is 55.7 Å². The molecule has 2 aliphatic rings. The van der Waals surface area contributed by atoms with Crippen molar-refractivity contribution >= 4 is 21.7 Å². The molecule has 0 spiro atoms. The number of benzene rings is 2. The third-order valence-electron chi connectivity index (χ3n) is 6.07. The van der Waals surface area contributed by atoms with E-state index in [1.165, 1.54) is 10.4 Å². The summed E-state index contributed by atoms with van der Waals surface area (Å²) in [5.74, 6) is 0.143. The van der Waals surface area contributed by atoms with Crippen molar-refractivity contribution in [3.05, 3.63) is 53.6 Å². The summed E-state index contributed by atoms with van der Waals surface area (Å²) in [6, 6.07) is 12.4. The summed E-state index contributed by atoms with van der Waals surface area (Å²) in [5, 5.41) is 0. The Morgan fingerprint density at radius 1 is 0.971 bits per heavy atom. The number of piperidine rings is 1. The lowest BCUT2D eigenvalue weighted by molar-refractivity contribution is 0.0450. The number of carbonyl (C=O) groups excluding carboxylic acids is 1. The molecule has 0 atom stereocenters. The summed E-state index contributed by atoms with van der Waals surface area (Å²) in [7, 11) is -3.67. The van der Waals surface area contributed by atoms with Gasteiger partial charge in [0.15, 0.2) is 0 Å². The van der Waals surface area contributed by atoms with Crippen LogP contribution in [0.2, 0.25) is 0 Å². The zero-order chi connectivity index (χ0) is 24.0. The predicted octanol–water partition coefficient (Wildman–Crippen LogP) is 3.24. The second-order valence-electron chi connectivity index (χ2n) is 8.54. The molecule has 0 aliphatic carbocycles. The SMILES string of the molecule is Cc1cccc(OCCOC(=O)c2cc(S(=O)(=O)N3CCCCC3)ccc2N2CCOCC2)c1. The van der Waals surface area contributed by atoms with E-state index in [1.54, 1.807) is 12.1 Å². The molecule has 2 fully saturated rings. The van der Waals surface area contributed by atoms with Gasteiger partial charge in [-0.25, -0.2) is 13.2 Å². The van der Waals surface area contributed by atoms with Crippen LogP contribution in [0.25, 0.3) is 0 Å². The van der Waals surface area contributed by atoms with Gasteiger partial charge in [-0.3, -0.25) is 0 Å². The molecule has 2 saturated heterocycles. The number of ether oxygens (including phenoxy) is 3. The fraction of sp³-hybridized carbons (Fsp3) is 0.480. The first-order valence-electron chi connectivity index (χ1n) is 11.8. The average molecular weight is 489 g/mol. The third kappa shape index (κ3) is 5.89. The molecule has 0 aromatic heterocycles. The van der Waals surface area contributed by atoms with Crippen LogP contribution in [0.1, 0.15) is 35.2 Å². The lowest BCUT2D eigenvalue weighted by Crippen LogP contribution is -2.38. The summed E-state index contributed by atoms with van der Waals surface area (Å²) in [5.41, 5.74) is 1.98. The first kappa shape index (κ1) is 24.5. The molecule has 2 heterocycles. The number of hydrogen-bond acceptors (Lipinski definition) is 7. The Kier molecular flexibility index (Phi) is 8.07. The molecule has 0 bridgehead atoms. The maximum atomic E-state index is 13.2. The normalized spacial score (nSPS) is 17.4. The molecule has 2 aliphatic heterocycles. The van der Waals surface area contributed by atoms with E-state index in [0.29, 0.717) is 50.8 Å². The minimum atomic E-state index is -3.67. The Bertz CT molecular complexity index is 1090. The molecule has 0 saturated carbocycles. The minimum Gasteiger partial charge on any atom is -0.490 e. The molecule has 4 rings (SSSR count). The number of aryl methyl sites for hydroxylation is 1. The van der Waals surface area contributed by atoms with E-state index < -0.39 is 16.0 Å². The van der Waals surface area contributed by atoms with Crippen LogP contribution in [0.3, 0.4) is 0 Å². The third-order valence-corrected chi connectivity index (χ3v) is 7.96. The van der Waals surface area contributed by atoms with Gasteiger partial charge in [0.05, 0.1) is 29.4 Å². The van der Waals surface area contributed by atoms with Crippen molar-refractivity contribution in [1.29, 1.82) is 0 Å². The molecule has 2 aromatic rings. The highest BCUT2D eigenvalue weighted by molar-refractivity contribution is 7.89. The Balaban J connectivity index is 1.51. The molecule has 34 heavy (non-hydrogen) atoms. The van der Waals surface area contributed by atoms with Gasteiger partial charge in [0.2, 0.25) is 10.0 Å². The lowest BCUT2D eigenvalue weighted by Gasteiger charge is -2.31. The fourth-order valence-corrected chi connectivity index (χ4v) is 5.79. The topological polar surface area (TPSA) is 85.4 Å². The van der Waals surface area contributed by atoms with E-state index in [4.69, 9.17) is 14.2 Å². The van der Waals surface area contributed by atoms with Crippen LogP contribution in [0.15, 0.2) is 47.4 Å². The summed E-state index contributed by atoms with van der Waals surface area (Å²) >= 11 is 0. The van der Waals surface area contributed by atoms with Crippen LogP contribution in [0.5, 0.6) is 5.75 Å². The van der Waals surface area contributed by atoms with E-state index in [9.17, 15) is 13.2 Å². The number of hydrogen-bond donors (Lipinski definition) is 0. The van der Waals surface area contributed by atoms with Crippen molar-refractivity contribution in [3.8, 4) is 5.75 Å². The van der Waals surface area contributed by atoms with E-state index >= 15 is 0 Å². The fourth-order valence-electron chi connectivity index (χ4n) is 4.25. The summed E-state index contributed by atoms with van der Waals surface area (Å²) in [6.07, 6.45) is 2.73. The quantitative estimate of drug-likeness (QED) is 0.417. The molecular weight excluding hydrogens is 456 g/mol. The summed E-state index contributed by atoms with van der Waals surface area (Å²) < 4.78 is 44.5. The first-order valence-corrected chi connectivity index (χ1v) is 13.2. The second kappa shape index (κ2) is 11.2. The van der Waals surface area contributed by atoms with Crippen molar-refractivity contribution in [2.45, 2.75) is 31.1 Å². The standard InChI is InChI=1S/C25H32N2O6S/c1-20-6-5-7-21(18-20)32-16-17-33-25(28)23-19-22(34(29,30)27-10-3-2-4-11-27)8-9-24(23)26-12-14-31-15-13-26/h5-9,18-19H,2-4,10-17H2,1H3. The molecule has 184 valence electrons. The molecule has 9 heteroatoms. The highest BCUT2D eigenvalue weighted by Crippen LogP contribution is 2.28. The van der Waals surface area contributed by atoms with E-state index in [1.807, 2.05) is 36.1 Å². The van der Waals surface area contributed by atoms with Gasteiger partial charge in [0.1, 0.15) is 19.0 Å². The van der Waals surface area contributed by atoms with Crippen LogP contribution in [-0.4, -0.2) is 71.3 Å². The number of rotatable bonds is 8. The van der Waals surface area contributed by atoms with Gasteiger partial charge in [0, 0.05) is 26.2 Å². The molecule has 2 aromatic carbocycles. The minimum absolute atomic E-state index is 0.0540. The van der Waals surface area contributed by atoms with Crippen LogP contribution in [-0.2, 0) is 19.5 Å². The monoisotopic (exact) mass is 488 g/mol. The molecular formula is C25H32N2O6S. The van der Waals surface area contributed by atoms with Crippen molar-refractivity contribution < 1.29 is 27.4 Å². The summed E-state index contributed by atoms with van der Waals surface area (Å²) in [4.78, 5) is 15.2. The van der Waals surface area contributed by atoms with Gasteiger partial charge in [-0.2, -0.15) is 4.31 Å². The van der Waals surface area contributed by atoms with Crippen LogP contribution in [0, 0.1) is 6.92 Å². The van der Waals surface area contributed by atoms with Gasteiger partial charge in [0.25, 0.3) is 0 Å². The van der Waals surface area contributed by atoms with E-state index in [0.717, 1.165) is 24.8 Å². The van der Waals surface area contributed by atoms with Gasteiger partial charge < -0.3 is 19.1 Å². The highest BCUT2D eigenvalue weighted by atomic mass is 32.2. The van der Waals surface area contributed by atoms with Crippen LogP contribution >= 0.6 is 0 Å². The first-order chi connectivity index (χ1) is 16.4. The zero-order valence-corrected chi connectivity index (χ0v) is 20.4. The average Bonchev–Trinajstić information content (AvgIpc) is 2.87. The van der Waals surface area contributed by atoms with Crippen LogP contribution < -0.4 is 9.64 Å². The highest BCUT2D eigenvalue weighted by Gasteiger charge is 2.29. The molecule has 0 radical (unpaired) electrons. The Morgan fingerprint density at radius 3 is 2.47 bits per heavy atom. The van der Waals surface area contributed by atoms with Crippen molar-refractivity contribution in [1.82, 2.24) is 4.31 Å². The van der Waals surface area contributed by atoms with Crippen molar-refractivity contribution in [2.75, 3.05) is 57.5 Å². The summed E-state index contributed by atoms with van der Waals surface area (Å²) in [6.45, 7) is 5.58. The molecule has 0 unspecified atom stereocenters. The largest absolute Gasteiger partial charge is 0.490 e. The molecule has 0 amide bonds. The van der Waals surface area contributed by atoms with E-state index in [-0.39, 0.29) is 23.7 Å². The predicted molar refractivity (Wildman–Crippen MR) is 129 cm³/mol. The zero-order valence-electron chi connectivity index (χ0n) is 19.6. The Labute approximate surface area is 201 Å². The van der Waals surface area contributed by atoms with Gasteiger partial charge in [-0.15, -0.1) is 0 Å². The molecule has 0 N–H and O–H groups in total. The second-order valence-corrected chi connectivity index (χ2v) is 10.5. The van der Waals surface area contributed by atoms with Gasteiger partial charge in [-0.1, -0.05) is 18.6 Å². The van der Waals surface area contributed by atoms with Crippen molar-refractivity contribution in [3.63, 3.8) is 0 Å². The van der Waals surface area contributed by atoms with Crippen molar-refractivity contribution in [2.24, 2.45) is 0 Å². The number of morpholine rings is 1. The Morgan fingerprint density at radius 2 is 1.74 bits per heavy atom. The maximum Gasteiger partial charge on any atom is 0.340 e.